The molecule has 0 saturated carbocycles. The Morgan fingerprint density at radius 1 is 1.37 bits per heavy atom. The summed E-state index contributed by atoms with van der Waals surface area (Å²) in [4.78, 5) is 26.0. The first-order valence-corrected chi connectivity index (χ1v) is 6.86. The number of nitrogens with one attached hydrogen (secondary N) is 1. The molecule has 0 aliphatic rings. The molecule has 0 atom stereocenters. The molecule has 0 heterocycles. The Balaban J connectivity index is 2.89. The fourth-order valence-corrected chi connectivity index (χ4v) is 2.00. The first-order valence-electron chi connectivity index (χ1n) is 6.04. The summed E-state index contributed by atoms with van der Waals surface area (Å²) in [6, 6.07) is 4.94. The Hall–Kier alpha value is -1.20. The summed E-state index contributed by atoms with van der Waals surface area (Å²) < 4.78 is 0. The molecule has 0 aliphatic heterocycles. The van der Waals surface area contributed by atoms with Crippen molar-refractivity contribution < 1.29 is 9.59 Å². The lowest BCUT2D eigenvalue weighted by molar-refractivity contribution is -0.121. The van der Waals surface area contributed by atoms with E-state index in [9.17, 15) is 9.59 Å². The molecule has 0 bridgehead atoms. The fourth-order valence-electron chi connectivity index (χ4n) is 1.60. The second kappa shape index (κ2) is 7.40. The van der Waals surface area contributed by atoms with Gasteiger partial charge in [0.1, 0.15) is 0 Å². The van der Waals surface area contributed by atoms with Crippen LogP contribution in [0, 0.1) is 0 Å². The highest BCUT2D eigenvalue weighted by Gasteiger charge is 2.19. The molecule has 0 saturated heterocycles. The van der Waals surface area contributed by atoms with Crippen LogP contribution in [-0.2, 0) is 4.79 Å². The van der Waals surface area contributed by atoms with Crippen LogP contribution in [0.1, 0.15) is 24.2 Å². The number of carbonyl (C=O) groups excluding carboxylic acids is 2. The van der Waals surface area contributed by atoms with Crippen LogP contribution in [0.5, 0.6) is 0 Å². The van der Waals surface area contributed by atoms with E-state index in [4.69, 9.17) is 11.6 Å². The van der Waals surface area contributed by atoms with Crippen molar-refractivity contribution in [2.24, 2.45) is 0 Å². The molecule has 0 aliphatic carbocycles. The smallest absolute Gasteiger partial charge is 0.255 e. The highest BCUT2D eigenvalue weighted by atomic mass is 35.5. The third-order valence-electron chi connectivity index (χ3n) is 2.56. The van der Waals surface area contributed by atoms with Gasteiger partial charge < -0.3 is 10.2 Å². The maximum atomic E-state index is 12.3. The molecule has 1 rings (SSSR count). The van der Waals surface area contributed by atoms with E-state index < -0.39 is 0 Å². The Morgan fingerprint density at radius 3 is 2.63 bits per heavy atom. The minimum atomic E-state index is -0.269. The van der Waals surface area contributed by atoms with Crippen molar-refractivity contribution in [1.29, 1.82) is 0 Å². The zero-order chi connectivity index (χ0) is 14.4. The SMILES string of the molecule is CCNC(=O)CN(CC)C(=O)c1cc(S)ccc1Cl. The van der Waals surface area contributed by atoms with Gasteiger partial charge in [-0.25, -0.2) is 0 Å². The van der Waals surface area contributed by atoms with Gasteiger partial charge in [0.2, 0.25) is 5.91 Å². The number of hydrogen-bond acceptors (Lipinski definition) is 3. The van der Waals surface area contributed by atoms with Gasteiger partial charge in [-0.1, -0.05) is 11.6 Å². The van der Waals surface area contributed by atoms with Gasteiger partial charge in [-0.15, -0.1) is 12.6 Å². The summed E-state index contributed by atoms with van der Waals surface area (Å²) in [6.45, 7) is 4.64. The van der Waals surface area contributed by atoms with Crippen LogP contribution in [0.25, 0.3) is 0 Å². The zero-order valence-electron chi connectivity index (χ0n) is 10.9. The van der Waals surface area contributed by atoms with Crippen LogP contribution >= 0.6 is 24.2 Å². The zero-order valence-corrected chi connectivity index (χ0v) is 12.6. The number of likely N-dealkylation sites (N-methyl/N-ethyl adjacent to an activating group) is 2. The Labute approximate surface area is 123 Å². The lowest BCUT2D eigenvalue weighted by Crippen LogP contribution is -2.40. The number of amides is 2. The first-order chi connectivity index (χ1) is 8.99. The van der Waals surface area contributed by atoms with Crippen molar-refractivity contribution in [3.8, 4) is 0 Å². The molecule has 4 nitrogen and oxygen atoms in total. The van der Waals surface area contributed by atoms with E-state index in [1.165, 1.54) is 4.90 Å². The van der Waals surface area contributed by atoms with Gasteiger partial charge in [0.25, 0.3) is 5.91 Å². The van der Waals surface area contributed by atoms with E-state index in [1.807, 2.05) is 13.8 Å². The van der Waals surface area contributed by atoms with Gasteiger partial charge in [-0.05, 0) is 32.0 Å². The van der Waals surface area contributed by atoms with Crippen LogP contribution < -0.4 is 5.32 Å². The average molecular weight is 301 g/mol. The van der Waals surface area contributed by atoms with Gasteiger partial charge in [-0.3, -0.25) is 9.59 Å². The summed E-state index contributed by atoms with van der Waals surface area (Å²) in [5.41, 5.74) is 0.361. The minimum absolute atomic E-state index is 0.0241. The molecule has 1 aromatic carbocycles. The van der Waals surface area contributed by atoms with Gasteiger partial charge in [0.05, 0.1) is 17.1 Å². The summed E-state index contributed by atoms with van der Waals surface area (Å²) in [5.74, 6) is -0.453. The highest BCUT2D eigenvalue weighted by molar-refractivity contribution is 7.80. The largest absolute Gasteiger partial charge is 0.355 e. The van der Waals surface area contributed by atoms with E-state index in [-0.39, 0.29) is 18.4 Å². The fraction of sp³-hybridized carbons (Fsp3) is 0.385. The average Bonchev–Trinajstić information content (AvgIpc) is 2.38. The van der Waals surface area contributed by atoms with Crippen molar-refractivity contribution in [2.45, 2.75) is 18.7 Å². The van der Waals surface area contributed by atoms with Gasteiger partial charge in [0, 0.05) is 18.0 Å². The predicted octanol–water partition coefficient (Wildman–Crippen LogP) is 2.23. The molecule has 1 N–H and O–H groups in total. The standard InChI is InChI=1S/C13H17ClN2O2S/c1-3-15-12(17)8-16(4-2)13(18)10-7-9(19)5-6-11(10)14/h5-7,19H,3-4,8H2,1-2H3,(H,15,17). The molecule has 0 aromatic heterocycles. The minimum Gasteiger partial charge on any atom is -0.355 e. The van der Waals surface area contributed by atoms with Crippen LogP contribution in [0.4, 0.5) is 0 Å². The number of thiol groups is 1. The maximum Gasteiger partial charge on any atom is 0.255 e. The molecular formula is C13H17ClN2O2S. The van der Waals surface area contributed by atoms with Crippen LogP contribution in [0.3, 0.4) is 0 Å². The van der Waals surface area contributed by atoms with Crippen LogP contribution in [-0.4, -0.2) is 36.3 Å². The van der Waals surface area contributed by atoms with Gasteiger partial charge >= 0.3 is 0 Å². The quantitative estimate of drug-likeness (QED) is 0.819. The molecule has 1 aromatic rings. The third kappa shape index (κ3) is 4.44. The molecule has 104 valence electrons. The number of hydrogen-bond donors (Lipinski definition) is 2. The number of nitrogens with zero attached hydrogens (tertiary/aromatic N) is 1. The van der Waals surface area contributed by atoms with E-state index in [0.29, 0.717) is 28.6 Å². The van der Waals surface area contributed by atoms with Crippen LogP contribution in [0.15, 0.2) is 23.1 Å². The summed E-state index contributed by atoms with van der Waals surface area (Å²) in [6.07, 6.45) is 0. The molecule has 6 heteroatoms. The van der Waals surface area contributed by atoms with Crippen molar-refractivity contribution in [2.75, 3.05) is 19.6 Å². The van der Waals surface area contributed by atoms with Crippen molar-refractivity contribution >= 4 is 36.0 Å². The Kier molecular flexibility index (Phi) is 6.18. The number of halogens is 1. The van der Waals surface area contributed by atoms with E-state index in [1.54, 1.807) is 18.2 Å². The van der Waals surface area contributed by atoms with Crippen molar-refractivity contribution in [3.63, 3.8) is 0 Å². The number of rotatable bonds is 5. The lowest BCUT2D eigenvalue weighted by atomic mass is 10.2. The first kappa shape index (κ1) is 15.9. The molecule has 19 heavy (non-hydrogen) atoms. The summed E-state index contributed by atoms with van der Waals surface area (Å²) in [7, 11) is 0. The summed E-state index contributed by atoms with van der Waals surface area (Å²) in [5, 5.41) is 3.02. The highest BCUT2D eigenvalue weighted by Crippen LogP contribution is 2.21. The molecule has 0 fully saturated rings. The van der Waals surface area contributed by atoms with Gasteiger partial charge in [-0.2, -0.15) is 0 Å². The topological polar surface area (TPSA) is 49.4 Å². The lowest BCUT2D eigenvalue weighted by Gasteiger charge is -2.21. The number of carbonyl (C=O) groups is 2. The molecule has 0 unspecified atom stereocenters. The second-order valence-corrected chi connectivity index (χ2v) is 4.86. The third-order valence-corrected chi connectivity index (χ3v) is 3.17. The normalized spacial score (nSPS) is 10.1. The van der Waals surface area contributed by atoms with E-state index in [0.717, 1.165) is 0 Å². The van der Waals surface area contributed by atoms with Crippen LogP contribution in [0.2, 0.25) is 5.02 Å². The molecule has 0 spiro atoms. The molecule has 2 amide bonds. The maximum absolute atomic E-state index is 12.3. The Morgan fingerprint density at radius 2 is 2.05 bits per heavy atom. The second-order valence-electron chi connectivity index (χ2n) is 3.94. The van der Waals surface area contributed by atoms with E-state index in [2.05, 4.69) is 17.9 Å². The molecular weight excluding hydrogens is 284 g/mol. The predicted molar refractivity (Wildman–Crippen MR) is 79.0 cm³/mol. The summed E-state index contributed by atoms with van der Waals surface area (Å²) >= 11 is 10.2. The van der Waals surface area contributed by atoms with Crippen molar-refractivity contribution in [3.05, 3.63) is 28.8 Å². The van der Waals surface area contributed by atoms with Crippen molar-refractivity contribution in [1.82, 2.24) is 10.2 Å². The Bertz CT molecular complexity index is 480. The van der Waals surface area contributed by atoms with E-state index >= 15 is 0 Å². The number of benzene rings is 1. The molecule has 0 radical (unpaired) electrons. The monoisotopic (exact) mass is 300 g/mol. The van der Waals surface area contributed by atoms with Gasteiger partial charge in [0.15, 0.2) is 0 Å².